The number of hydrogen-bond donors (Lipinski definition) is 1. The van der Waals surface area contributed by atoms with Crippen LogP contribution in [0.15, 0.2) is 52.1 Å². The molecule has 0 aliphatic carbocycles. The summed E-state index contributed by atoms with van der Waals surface area (Å²) in [6.07, 6.45) is 2.56. The number of fused-ring (bicyclic) bond motifs is 1. The predicted octanol–water partition coefficient (Wildman–Crippen LogP) is 2.52. The topological polar surface area (TPSA) is 67.3 Å². The molecule has 1 fully saturated rings. The molecular formula is C22H25N3O3. The van der Waals surface area contributed by atoms with E-state index in [-0.39, 0.29) is 12.1 Å². The highest BCUT2D eigenvalue weighted by Crippen LogP contribution is 2.14. The lowest BCUT2D eigenvalue weighted by molar-refractivity contribution is 0.238. The first-order valence-electron chi connectivity index (χ1n) is 9.78. The molecule has 0 unspecified atom stereocenters. The molecule has 4 rings (SSSR count). The maximum absolute atomic E-state index is 12.8. The third kappa shape index (κ3) is 4.02. The number of aryl methyl sites for hydroxylation is 1. The van der Waals surface area contributed by atoms with E-state index in [0.29, 0.717) is 17.5 Å². The van der Waals surface area contributed by atoms with Gasteiger partial charge in [-0.3, -0.25) is 14.3 Å². The fourth-order valence-electron chi connectivity index (χ4n) is 3.68. The SMILES string of the molecule is Cc1ccc2[nH]c(=O)n(Cc3ccc(OCCN4CCCC4)cc3)c(=O)c2c1. The van der Waals surface area contributed by atoms with E-state index in [1.54, 1.807) is 12.1 Å². The van der Waals surface area contributed by atoms with Crippen molar-refractivity contribution in [2.24, 2.45) is 0 Å². The van der Waals surface area contributed by atoms with E-state index in [4.69, 9.17) is 4.74 Å². The Morgan fingerprint density at radius 1 is 1.04 bits per heavy atom. The van der Waals surface area contributed by atoms with Crippen molar-refractivity contribution in [1.29, 1.82) is 0 Å². The normalized spacial score (nSPS) is 14.6. The Balaban J connectivity index is 1.47. The molecule has 6 nitrogen and oxygen atoms in total. The number of ether oxygens (including phenoxy) is 1. The molecule has 0 amide bonds. The average molecular weight is 379 g/mol. The molecule has 1 aliphatic rings. The van der Waals surface area contributed by atoms with Gasteiger partial charge in [-0.15, -0.1) is 0 Å². The van der Waals surface area contributed by atoms with Crippen molar-refractivity contribution >= 4 is 10.9 Å². The minimum absolute atomic E-state index is 0.228. The summed E-state index contributed by atoms with van der Waals surface area (Å²) in [7, 11) is 0. The molecule has 2 aromatic carbocycles. The van der Waals surface area contributed by atoms with Crippen LogP contribution >= 0.6 is 0 Å². The van der Waals surface area contributed by atoms with Gasteiger partial charge in [0.25, 0.3) is 5.56 Å². The molecule has 6 heteroatoms. The third-order valence-electron chi connectivity index (χ3n) is 5.28. The summed E-state index contributed by atoms with van der Waals surface area (Å²) in [6.45, 7) is 6.10. The minimum atomic E-state index is -0.396. The number of nitrogens with zero attached hydrogens (tertiary/aromatic N) is 2. The fourth-order valence-corrected chi connectivity index (χ4v) is 3.68. The van der Waals surface area contributed by atoms with Gasteiger partial charge in [0.1, 0.15) is 12.4 Å². The standard InChI is InChI=1S/C22H25N3O3/c1-16-4-9-20-19(14-16)21(26)25(22(27)23-20)15-17-5-7-18(8-6-17)28-13-12-24-10-2-3-11-24/h4-9,14H,2-3,10-13,15H2,1H3,(H,23,27). The van der Waals surface area contributed by atoms with E-state index in [1.807, 2.05) is 37.3 Å². The van der Waals surface area contributed by atoms with Crippen molar-refractivity contribution in [3.63, 3.8) is 0 Å². The summed E-state index contributed by atoms with van der Waals surface area (Å²) in [6, 6.07) is 13.0. The maximum Gasteiger partial charge on any atom is 0.329 e. The molecule has 0 radical (unpaired) electrons. The van der Waals surface area contributed by atoms with Crippen molar-refractivity contribution in [3.8, 4) is 5.75 Å². The van der Waals surface area contributed by atoms with Crippen LogP contribution in [0.25, 0.3) is 10.9 Å². The Kier molecular flexibility index (Phi) is 5.30. The predicted molar refractivity (Wildman–Crippen MR) is 110 cm³/mol. The maximum atomic E-state index is 12.8. The first-order chi connectivity index (χ1) is 13.6. The minimum Gasteiger partial charge on any atom is -0.492 e. The number of rotatable bonds is 6. The van der Waals surface area contributed by atoms with Gasteiger partial charge in [0.2, 0.25) is 0 Å². The lowest BCUT2D eigenvalue weighted by Gasteiger charge is -2.15. The summed E-state index contributed by atoms with van der Waals surface area (Å²) in [5.41, 5.74) is 1.77. The van der Waals surface area contributed by atoms with Crippen molar-refractivity contribution in [2.75, 3.05) is 26.2 Å². The second-order valence-corrected chi connectivity index (χ2v) is 7.41. The van der Waals surface area contributed by atoms with Crippen LogP contribution in [0.1, 0.15) is 24.0 Å². The van der Waals surface area contributed by atoms with Gasteiger partial charge in [-0.05, 0) is 62.7 Å². The molecule has 0 saturated carbocycles. The van der Waals surface area contributed by atoms with Crippen molar-refractivity contribution in [1.82, 2.24) is 14.5 Å². The zero-order chi connectivity index (χ0) is 19.5. The summed E-state index contributed by atoms with van der Waals surface area (Å²) in [4.78, 5) is 30.3. The van der Waals surface area contributed by atoms with Gasteiger partial charge in [0.05, 0.1) is 17.4 Å². The molecule has 1 aromatic heterocycles. The largest absolute Gasteiger partial charge is 0.492 e. The lowest BCUT2D eigenvalue weighted by atomic mass is 10.1. The van der Waals surface area contributed by atoms with Crippen LogP contribution in [-0.4, -0.2) is 40.7 Å². The first-order valence-corrected chi connectivity index (χ1v) is 9.78. The number of aromatic nitrogens is 2. The van der Waals surface area contributed by atoms with Crippen molar-refractivity contribution in [2.45, 2.75) is 26.3 Å². The number of H-pyrrole nitrogens is 1. The van der Waals surface area contributed by atoms with E-state index >= 15 is 0 Å². The Labute approximate surface area is 163 Å². The highest BCUT2D eigenvalue weighted by atomic mass is 16.5. The van der Waals surface area contributed by atoms with Crippen molar-refractivity contribution < 1.29 is 4.74 Å². The van der Waals surface area contributed by atoms with Crippen LogP contribution in [0, 0.1) is 6.92 Å². The van der Waals surface area contributed by atoms with Gasteiger partial charge in [-0.2, -0.15) is 0 Å². The van der Waals surface area contributed by atoms with E-state index < -0.39 is 5.69 Å². The van der Waals surface area contributed by atoms with Gasteiger partial charge in [-0.25, -0.2) is 4.79 Å². The molecule has 28 heavy (non-hydrogen) atoms. The molecule has 1 N–H and O–H groups in total. The lowest BCUT2D eigenvalue weighted by Crippen LogP contribution is -2.35. The van der Waals surface area contributed by atoms with Crippen LogP contribution in [0.3, 0.4) is 0 Å². The van der Waals surface area contributed by atoms with Gasteiger partial charge >= 0.3 is 5.69 Å². The zero-order valence-corrected chi connectivity index (χ0v) is 16.1. The Morgan fingerprint density at radius 2 is 1.79 bits per heavy atom. The Morgan fingerprint density at radius 3 is 2.54 bits per heavy atom. The Hall–Kier alpha value is -2.86. The van der Waals surface area contributed by atoms with Crippen LogP contribution in [0.5, 0.6) is 5.75 Å². The molecule has 0 bridgehead atoms. The monoisotopic (exact) mass is 379 g/mol. The van der Waals surface area contributed by atoms with E-state index in [1.165, 1.54) is 17.4 Å². The van der Waals surface area contributed by atoms with Crippen LogP contribution < -0.4 is 16.0 Å². The van der Waals surface area contributed by atoms with Gasteiger partial charge < -0.3 is 9.72 Å². The highest BCUT2D eigenvalue weighted by molar-refractivity contribution is 5.77. The Bertz CT molecular complexity index is 1080. The smallest absolute Gasteiger partial charge is 0.329 e. The summed E-state index contributed by atoms with van der Waals surface area (Å²) in [5.74, 6) is 0.804. The fraction of sp³-hybridized carbons (Fsp3) is 0.364. The third-order valence-corrected chi connectivity index (χ3v) is 5.28. The van der Waals surface area contributed by atoms with Gasteiger partial charge in [0.15, 0.2) is 0 Å². The van der Waals surface area contributed by atoms with E-state index in [2.05, 4.69) is 9.88 Å². The van der Waals surface area contributed by atoms with Gasteiger partial charge in [0, 0.05) is 6.54 Å². The number of benzene rings is 2. The molecule has 0 atom stereocenters. The molecule has 1 aliphatic heterocycles. The van der Waals surface area contributed by atoms with E-state index in [9.17, 15) is 9.59 Å². The number of likely N-dealkylation sites (tertiary alicyclic amines) is 1. The second kappa shape index (κ2) is 8.02. The van der Waals surface area contributed by atoms with Crippen molar-refractivity contribution in [3.05, 3.63) is 74.4 Å². The number of nitrogens with one attached hydrogen (secondary N) is 1. The quantitative estimate of drug-likeness (QED) is 0.715. The molecule has 1 saturated heterocycles. The van der Waals surface area contributed by atoms with Crippen LogP contribution in [-0.2, 0) is 6.54 Å². The number of hydrogen-bond acceptors (Lipinski definition) is 4. The number of aromatic amines is 1. The van der Waals surface area contributed by atoms with Gasteiger partial charge in [-0.1, -0.05) is 23.8 Å². The first kappa shape index (κ1) is 18.5. The molecule has 2 heterocycles. The summed E-state index contributed by atoms with van der Waals surface area (Å²) in [5, 5.41) is 0.529. The van der Waals surface area contributed by atoms with Crippen LogP contribution in [0.4, 0.5) is 0 Å². The second-order valence-electron chi connectivity index (χ2n) is 7.41. The molecule has 3 aromatic rings. The highest BCUT2D eigenvalue weighted by Gasteiger charge is 2.11. The van der Waals surface area contributed by atoms with Crippen LogP contribution in [0.2, 0.25) is 0 Å². The molecule has 146 valence electrons. The molecular weight excluding hydrogens is 354 g/mol. The van der Waals surface area contributed by atoms with E-state index in [0.717, 1.165) is 36.5 Å². The average Bonchev–Trinajstić information content (AvgIpc) is 3.20. The molecule has 0 spiro atoms. The zero-order valence-electron chi connectivity index (χ0n) is 16.1. The summed E-state index contributed by atoms with van der Waals surface area (Å²) < 4.78 is 7.05. The summed E-state index contributed by atoms with van der Waals surface area (Å²) >= 11 is 0.